The molecule has 10 nitrogen and oxygen atoms in total. The van der Waals surface area contributed by atoms with E-state index in [-0.39, 0.29) is 27.2 Å². The van der Waals surface area contributed by atoms with Gasteiger partial charge >= 0.3 is 18.3 Å². The molecule has 1 atom stereocenters. The first kappa shape index (κ1) is 28.4. The van der Waals surface area contributed by atoms with E-state index in [4.69, 9.17) is 21.4 Å². The molecule has 5 N–H and O–H groups in total. The van der Waals surface area contributed by atoms with Crippen LogP contribution in [-0.2, 0) is 17.5 Å². The van der Waals surface area contributed by atoms with Gasteiger partial charge in [0.2, 0.25) is 0 Å². The van der Waals surface area contributed by atoms with Gasteiger partial charge in [0.05, 0.1) is 17.9 Å². The van der Waals surface area contributed by atoms with E-state index in [2.05, 4.69) is 25.0 Å². The van der Waals surface area contributed by atoms with E-state index in [9.17, 15) is 26.3 Å². The molecular weight excluding hydrogens is 554 g/mol. The number of hydrogen-bond donors (Lipinski definition) is 3. The molecule has 0 amide bonds. The van der Waals surface area contributed by atoms with Gasteiger partial charge in [-0.05, 0) is 31.0 Å². The summed E-state index contributed by atoms with van der Waals surface area (Å²) in [5, 5.41) is 11.7. The number of aromatic nitrogens is 5. The van der Waals surface area contributed by atoms with Crippen LogP contribution in [0.2, 0.25) is 0 Å². The maximum absolute atomic E-state index is 13.2. The monoisotopic (exact) mass is 576 g/mol. The summed E-state index contributed by atoms with van der Waals surface area (Å²) in [5.74, 6) is -2.07. The molecule has 210 valence electrons. The molecule has 0 unspecified atom stereocenters. The first-order valence-electron chi connectivity index (χ1n) is 11.4. The lowest BCUT2D eigenvalue weighted by Crippen LogP contribution is -2.45. The molecule has 1 spiro atoms. The van der Waals surface area contributed by atoms with Gasteiger partial charge in [-0.2, -0.15) is 31.4 Å². The van der Waals surface area contributed by atoms with Crippen LogP contribution in [0.3, 0.4) is 0 Å². The molecule has 0 bridgehead atoms. The summed E-state index contributed by atoms with van der Waals surface area (Å²) in [6, 6.07) is 4.71. The van der Waals surface area contributed by atoms with Crippen LogP contribution in [-0.4, -0.2) is 55.1 Å². The zero-order chi connectivity index (χ0) is 28.6. The Morgan fingerprint density at radius 3 is 2.33 bits per heavy atom. The Morgan fingerprint density at radius 2 is 1.77 bits per heavy atom. The summed E-state index contributed by atoms with van der Waals surface area (Å²) >= 11 is 0.807. The number of carboxylic acids is 1. The Hall–Kier alpha value is -3.60. The maximum Gasteiger partial charge on any atom is 0.490 e. The first-order chi connectivity index (χ1) is 18.2. The second-order valence-corrected chi connectivity index (χ2v) is 9.94. The average molecular weight is 577 g/mol. The number of hydrogen-bond acceptors (Lipinski definition) is 9. The van der Waals surface area contributed by atoms with E-state index in [0.29, 0.717) is 5.82 Å². The van der Waals surface area contributed by atoms with Crippen molar-refractivity contribution in [1.82, 2.24) is 24.7 Å². The Labute approximate surface area is 221 Å². The van der Waals surface area contributed by atoms with Gasteiger partial charge in [0.15, 0.2) is 11.5 Å². The molecule has 1 saturated heterocycles. The van der Waals surface area contributed by atoms with E-state index in [1.54, 1.807) is 12.4 Å². The lowest BCUT2D eigenvalue weighted by molar-refractivity contribution is -0.192. The molecule has 0 aromatic carbocycles. The largest absolute Gasteiger partial charge is 0.490 e. The molecule has 0 saturated carbocycles. The molecule has 39 heavy (non-hydrogen) atoms. The second-order valence-electron chi connectivity index (χ2n) is 8.91. The number of alkyl halides is 6. The van der Waals surface area contributed by atoms with Gasteiger partial charge in [0.25, 0.3) is 0 Å². The van der Waals surface area contributed by atoms with Crippen LogP contribution in [0.5, 0.6) is 0 Å². The van der Waals surface area contributed by atoms with Gasteiger partial charge < -0.3 is 21.5 Å². The number of fused-ring (bicyclic) bond motifs is 1. The van der Waals surface area contributed by atoms with Crippen molar-refractivity contribution in [3.8, 4) is 0 Å². The quantitative estimate of drug-likeness (QED) is 0.394. The minimum atomic E-state index is -5.08. The fourth-order valence-corrected chi connectivity index (χ4v) is 5.38. The Morgan fingerprint density at radius 1 is 1.10 bits per heavy atom. The van der Waals surface area contributed by atoms with E-state index >= 15 is 0 Å². The highest BCUT2D eigenvalue weighted by molar-refractivity contribution is 7.99. The summed E-state index contributed by atoms with van der Waals surface area (Å²) in [6.07, 6.45) is -3.46. The van der Waals surface area contributed by atoms with Gasteiger partial charge in [-0.3, -0.25) is 9.67 Å². The summed E-state index contributed by atoms with van der Waals surface area (Å²) in [4.78, 5) is 23.1. The SMILES string of the molecule is Nc1nc(N2CCC3(CC2)Cn2nccc2[C@H]3N)cnc1Sc1cccnc1C(F)(F)F.O=C(O)C(F)(F)F. The number of anilines is 2. The number of carbonyl (C=O) groups is 1. The molecule has 1 fully saturated rings. The third kappa shape index (κ3) is 6.03. The molecule has 5 heterocycles. The molecule has 2 aliphatic rings. The third-order valence-electron chi connectivity index (χ3n) is 6.52. The first-order valence-corrected chi connectivity index (χ1v) is 12.2. The van der Waals surface area contributed by atoms with Crippen LogP contribution >= 0.6 is 11.8 Å². The Balaban J connectivity index is 0.000000448. The van der Waals surface area contributed by atoms with Crippen LogP contribution in [0, 0.1) is 5.41 Å². The van der Waals surface area contributed by atoms with Crippen molar-refractivity contribution in [3.63, 3.8) is 0 Å². The number of nitrogens with zero attached hydrogens (tertiary/aromatic N) is 6. The highest BCUT2D eigenvalue weighted by Gasteiger charge is 2.47. The molecule has 0 aliphatic carbocycles. The van der Waals surface area contributed by atoms with Gasteiger partial charge in [-0.15, -0.1) is 0 Å². The van der Waals surface area contributed by atoms with Crippen LogP contribution in [0.4, 0.5) is 38.0 Å². The zero-order valence-electron chi connectivity index (χ0n) is 19.9. The highest BCUT2D eigenvalue weighted by Crippen LogP contribution is 2.48. The number of aliphatic carboxylic acids is 1. The summed E-state index contributed by atoms with van der Waals surface area (Å²) in [5.41, 5.74) is 12.7. The van der Waals surface area contributed by atoms with Gasteiger partial charge in [-0.1, -0.05) is 11.8 Å². The predicted octanol–water partition coefficient (Wildman–Crippen LogP) is 3.75. The Kier molecular flexibility index (Phi) is 7.66. The van der Waals surface area contributed by atoms with Gasteiger partial charge in [0, 0.05) is 42.3 Å². The summed E-state index contributed by atoms with van der Waals surface area (Å²) < 4.78 is 73.4. The summed E-state index contributed by atoms with van der Waals surface area (Å²) in [6.45, 7) is 2.28. The average Bonchev–Trinajstić information content (AvgIpc) is 3.41. The molecular formula is C22H22F6N8O2S. The minimum absolute atomic E-state index is 0.0246. The molecule has 0 radical (unpaired) electrons. The highest BCUT2D eigenvalue weighted by atomic mass is 32.2. The second kappa shape index (κ2) is 10.5. The van der Waals surface area contributed by atoms with E-state index in [1.807, 2.05) is 10.7 Å². The summed E-state index contributed by atoms with van der Waals surface area (Å²) in [7, 11) is 0. The number of halogens is 6. The number of carboxylic acid groups (broad SMARTS) is 1. The van der Waals surface area contributed by atoms with Crippen molar-refractivity contribution in [3.05, 3.63) is 48.2 Å². The number of nitrogens with two attached hydrogens (primary N) is 2. The number of pyridine rings is 1. The molecule has 3 aromatic heterocycles. The van der Waals surface area contributed by atoms with Gasteiger partial charge in [-0.25, -0.2) is 14.8 Å². The van der Waals surface area contributed by atoms with Crippen molar-refractivity contribution in [2.45, 2.75) is 47.7 Å². The van der Waals surface area contributed by atoms with E-state index < -0.39 is 24.0 Å². The molecule has 5 rings (SSSR count). The van der Waals surface area contributed by atoms with Crippen molar-refractivity contribution in [1.29, 1.82) is 0 Å². The van der Waals surface area contributed by atoms with Crippen molar-refractivity contribution in [2.75, 3.05) is 23.7 Å². The number of rotatable bonds is 3. The van der Waals surface area contributed by atoms with E-state index in [1.165, 1.54) is 12.1 Å². The topological polar surface area (TPSA) is 149 Å². The smallest absolute Gasteiger partial charge is 0.475 e. The normalized spacial score (nSPS) is 18.4. The number of nitrogen functional groups attached to an aromatic ring is 1. The molecule has 17 heteroatoms. The van der Waals surface area contributed by atoms with Crippen LogP contribution in [0.15, 0.2) is 46.7 Å². The van der Waals surface area contributed by atoms with Crippen molar-refractivity contribution >= 4 is 29.4 Å². The lowest BCUT2D eigenvalue weighted by Gasteiger charge is -2.41. The Bertz CT molecular complexity index is 1340. The van der Waals surface area contributed by atoms with Crippen molar-refractivity contribution < 1.29 is 36.2 Å². The maximum atomic E-state index is 13.2. The fraction of sp³-hybridized carbons (Fsp3) is 0.409. The standard InChI is InChI=1S/C20H21F3N8S.C2HF3O2/c21-20(22,23)16-13(2-1-6-26-16)32-18-17(25)29-14(10-27-18)30-8-4-19(5-9-30)11-31-12(15(19)24)3-7-28-31;3-2(4,5)1(6)7/h1-3,6-7,10,15H,4-5,8-9,11,24H2,(H2,25,29);(H,6,7)/t15-;/m1./s1. The van der Waals surface area contributed by atoms with Crippen molar-refractivity contribution in [2.24, 2.45) is 11.1 Å². The zero-order valence-corrected chi connectivity index (χ0v) is 20.8. The molecule has 3 aromatic rings. The van der Waals surface area contributed by atoms with Crippen LogP contribution < -0.4 is 16.4 Å². The minimum Gasteiger partial charge on any atom is -0.475 e. The lowest BCUT2D eigenvalue weighted by atomic mass is 9.73. The number of piperidine rings is 1. The fourth-order valence-electron chi connectivity index (χ4n) is 4.50. The predicted molar refractivity (Wildman–Crippen MR) is 127 cm³/mol. The molecule has 2 aliphatic heterocycles. The van der Waals surface area contributed by atoms with Gasteiger partial charge in [0.1, 0.15) is 10.8 Å². The van der Waals surface area contributed by atoms with Crippen LogP contribution in [0.25, 0.3) is 0 Å². The third-order valence-corrected chi connectivity index (χ3v) is 7.57. The van der Waals surface area contributed by atoms with Crippen LogP contribution in [0.1, 0.15) is 30.3 Å². The van der Waals surface area contributed by atoms with E-state index in [0.717, 1.165) is 56.1 Å².